The minimum Gasteiger partial charge on any atom is -0.481 e. The second kappa shape index (κ2) is 5.17. The zero-order chi connectivity index (χ0) is 13.9. The molecule has 100 valence electrons. The van der Waals surface area contributed by atoms with Gasteiger partial charge >= 0.3 is 5.97 Å². The summed E-state index contributed by atoms with van der Waals surface area (Å²) in [6.45, 7) is 0. The van der Waals surface area contributed by atoms with E-state index in [2.05, 4.69) is 16.0 Å². The number of aromatic amines is 1. The van der Waals surface area contributed by atoms with Crippen LogP contribution in [0.5, 0.6) is 0 Å². The smallest absolute Gasteiger partial charge is 0.303 e. The third-order valence-corrected chi connectivity index (χ3v) is 3.34. The largest absolute Gasteiger partial charge is 0.481 e. The number of nitrogens with zero attached hydrogens (tertiary/aromatic N) is 1. The number of rotatable bonds is 4. The number of aromatic nitrogens is 2. The Balaban J connectivity index is 1.84. The van der Waals surface area contributed by atoms with Gasteiger partial charge in [-0.25, -0.2) is 4.98 Å². The summed E-state index contributed by atoms with van der Waals surface area (Å²) in [7, 11) is 0. The summed E-state index contributed by atoms with van der Waals surface area (Å²) in [5, 5.41) is 8.68. The highest BCUT2D eigenvalue weighted by atomic mass is 16.4. The van der Waals surface area contributed by atoms with E-state index in [1.54, 1.807) is 6.33 Å². The van der Waals surface area contributed by atoms with Gasteiger partial charge in [-0.1, -0.05) is 30.3 Å². The van der Waals surface area contributed by atoms with Gasteiger partial charge in [0.15, 0.2) is 0 Å². The van der Waals surface area contributed by atoms with Crippen LogP contribution in [-0.4, -0.2) is 21.0 Å². The van der Waals surface area contributed by atoms with E-state index in [1.165, 1.54) is 0 Å². The van der Waals surface area contributed by atoms with E-state index in [0.717, 1.165) is 27.7 Å². The summed E-state index contributed by atoms with van der Waals surface area (Å²) < 4.78 is 0. The number of benzene rings is 2. The molecule has 2 aromatic carbocycles. The van der Waals surface area contributed by atoms with Crippen LogP contribution in [0.3, 0.4) is 0 Å². The molecule has 0 aliphatic heterocycles. The summed E-state index contributed by atoms with van der Waals surface area (Å²) in [4.78, 5) is 17.8. The number of aryl methyl sites for hydroxylation is 1. The number of fused-ring (bicyclic) bond motifs is 1. The second-order valence-electron chi connectivity index (χ2n) is 4.73. The third kappa shape index (κ3) is 2.54. The first-order valence-electron chi connectivity index (χ1n) is 6.46. The SMILES string of the molecule is O=C(O)CCc1ccc(-c2ccc3nc[nH]c3c2)cc1. The van der Waals surface area contributed by atoms with Crippen molar-refractivity contribution in [3.8, 4) is 11.1 Å². The van der Waals surface area contributed by atoms with Gasteiger partial charge in [-0.15, -0.1) is 0 Å². The van der Waals surface area contributed by atoms with Crippen molar-refractivity contribution < 1.29 is 9.90 Å². The third-order valence-electron chi connectivity index (χ3n) is 3.34. The number of aliphatic carboxylic acids is 1. The van der Waals surface area contributed by atoms with Crippen LogP contribution in [0.1, 0.15) is 12.0 Å². The van der Waals surface area contributed by atoms with E-state index in [0.29, 0.717) is 6.42 Å². The molecular weight excluding hydrogens is 252 g/mol. The van der Waals surface area contributed by atoms with Gasteiger partial charge in [0, 0.05) is 6.42 Å². The Labute approximate surface area is 116 Å². The van der Waals surface area contributed by atoms with Gasteiger partial charge in [-0.2, -0.15) is 0 Å². The van der Waals surface area contributed by atoms with Crippen molar-refractivity contribution in [1.82, 2.24) is 9.97 Å². The molecule has 1 aromatic heterocycles. The maximum atomic E-state index is 10.6. The summed E-state index contributed by atoms with van der Waals surface area (Å²) in [5.74, 6) is -0.765. The normalized spacial score (nSPS) is 10.8. The van der Waals surface area contributed by atoms with Crippen LogP contribution >= 0.6 is 0 Å². The zero-order valence-corrected chi connectivity index (χ0v) is 10.8. The number of hydrogen-bond acceptors (Lipinski definition) is 2. The number of imidazole rings is 1. The van der Waals surface area contributed by atoms with Gasteiger partial charge in [-0.05, 0) is 35.2 Å². The Kier molecular flexibility index (Phi) is 3.21. The molecule has 3 rings (SSSR count). The lowest BCUT2D eigenvalue weighted by Gasteiger charge is -2.04. The molecule has 0 spiro atoms. The van der Waals surface area contributed by atoms with Crippen LogP contribution in [0.25, 0.3) is 22.2 Å². The molecule has 4 heteroatoms. The van der Waals surface area contributed by atoms with E-state index >= 15 is 0 Å². The van der Waals surface area contributed by atoms with Crippen molar-refractivity contribution in [2.75, 3.05) is 0 Å². The number of carboxylic acid groups (broad SMARTS) is 1. The number of hydrogen-bond donors (Lipinski definition) is 2. The molecule has 0 bridgehead atoms. The molecule has 4 nitrogen and oxygen atoms in total. The lowest BCUT2D eigenvalue weighted by Crippen LogP contribution is -1.97. The Bertz CT molecular complexity index is 745. The molecule has 2 N–H and O–H groups in total. The van der Waals surface area contributed by atoms with E-state index in [4.69, 9.17) is 5.11 Å². The van der Waals surface area contributed by atoms with Crippen molar-refractivity contribution >= 4 is 17.0 Å². The maximum absolute atomic E-state index is 10.6. The van der Waals surface area contributed by atoms with Gasteiger partial charge in [0.2, 0.25) is 0 Å². The first-order chi connectivity index (χ1) is 9.72. The highest BCUT2D eigenvalue weighted by Crippen LogP contribution is 2.23. The van der Waals surface area contributed by atoms with Gasteiger partial charge < -0.3 is 10.1 Å². The summed E-state index contributed by atoms with van der Waals surface area (Å²) >= 11 is 0. The van der Waals surface area contributed by atoms with Crippen LogP contribution in [0.15, 0.2) is 48.8 Å². The highest BCUT2D eigenvalue weighted by Gasteiger charge is 2.03. The fourth-order valence-corrected chi connectivity index (χ4v) is 2.23. The first-order valence-corrected chi connectivity index (χ1v) is 6.46. The van der Waals surface area contributed by atoms with Crippen LogP contribution in [0.4, 0.5) is 0 Å². The van der Waals surface area contributed by atoms with E-state index in [9.17, 15) is 4.79 Å². The average molecular weight is 266 g/mol. The van der Waals surface area contributed by atoms with Crippen molar-refractivity contribution in [2.45, 2.75) is 12.8 Å². The van der Waals surface area contributed by atoms with Crippen molar-refractivity contribution in [2.24, 2.45) is 0 Å². The molecule has 0 radical (unpaired) electrons. The van der Waals surface area contributed by atoms with Gasteiger partial charge in [-0.3, -0.25) is 4.79 Å². The Morgan fingerprint density at radius 2 is 1.85 bits per heavy atom. The molecule has 0 aliphatic carbocycles. The zero-order valence-electron chi connectivity index (χ0n) is 10.8. The summed E-state index contributed by atoms with van der Waals surface area (Å²) in [5.41, 5.74) is 5.23. The number of H-pyrrole nitrogens is 1. The number of carboxylic acids is 1. The Morgan fingerprint density at radius 3 is 2.60 bits per heavy atom. The van der Waals surface area contributed by atoms with Crippen LogP contribution in [-0.2, 0) is 11.2 Å². The molecule has 0 saturated carbocycles. The van der Waals surface area contributed by atoms with Crippen LogP contribution < -0.4 is 0 Å². The van der Waals surface area contributed by atoms with Crippen molar-refractivity contribution in [3.05, 3.63) is 54.4 Å². The fraction of sp³-hybridized carbons (Fsp3) is 0.125. The molecule has 0 aliphatic rings. The molecule has 0 unspecified atom stereocenters. The van der Waals surface area contributed by atoms with Crippen molar-refractivity contribution in [1.29, 1.82) is 0 Å². The molecule has 1 heterocycles. The van der Waals surface area contributed by atoms with E-state index < -0.39 is 5.97 Å². The van der Waals surface area contributed by atoms with Gasteiger partial charge in [0.1, 0.15) is 0 Å². The maximum Gasteiger partial charge on any atom is 0.303 e. The predicted molar refractivity (Wildman–Crippen MR) is 77.5 cm³/mol. The van der Waals surface area contributed by atoms with Gasteiger partial charge in [0.05, 0.1) is 17.4 Å². The minimum absolute atomic E-state index is 0.166. The van der Waals surface area contributed by atoms with Crippen molar-refractivity contribution in [3.63, 3.8) is 0 Å². The minimum atomic E-state index is -0.765. The van der Waals surface area contributed by atoms with Crippen LogP contribution in [0.2, 0.25) is 0 Å². The molecular formula is C16H14N2O2. The quantitative estimate of drug-likeness (QED) is 0.761. The lowest BCUT2D eigenvalue weighted by molar-refractivity contribution is -0.136. The second-order valence-corrected chi connectivity index (χ2v) is 4.73. The summed E-state index contributed by atoms with van der Waals surface area (Å²) in [6.07, 6.45) is 2.41. The molecule has 3 aromatic rings. The van der Waals surface area contributed by atoms with E-state index in [1.807, 2.05) is 36.4 Å². The molecule has 0 atom stereocenters. The van der Waals surface area contributed by atoms with Gasteiger partial charge in [0.25, 0.3) is 0 Å². The average Bonchev–Trinajstić information content (AvgIpc) is 2.93. The summed E-state index contributed by atoms with van der Waals surface area (Å²) in [6, 6.07) is 14.1. The van der Waals surface area contributed by atoms with E-state index in [-0.39, 0.29) is 6.42 Å². The monoisotopic (exact) mass is 266 g/mol. The first kappa shape index (κ1) is 12.4. The highest BCUT2D eigenvalue weighted by molar-refractivity contribution is 5.81. The standard InChI is InChI=1S/C16H14N2O2/c19-16(20)8-3-11-1-4-12(5-2-11)13-6-7-14-15(9-13)18-10-17-14/h1-2,4-7,9-10H,3,8H2,(H,17,18)(H,19,20). The van der Waals surface area contributed by atoms with Crippen LogP contribution in [0, 0.1) is 0 Å². The predicted octanol–water partition coefficient (Wildman–Crippen LogP) is 3.25. The molecule has 0 fully saturated rings. The Hall–Kier alpha value is -2.62. The molecule has 0 amide bonds. The topological polar surface area (TPSA) is 66.0 Å². The Morgan fingerprint density at radius 1 is 1.10 bits per heavy atom. The number of carbonyl (C=O) groups is 1. The molecule has 20 heavy (non-hydrogen) atoms. The number of nitrogens with one attached hydrogen (secondary N) is 1. The fourth-order valence-electron chi connectivity index (χ4n) is 2.23. The lowest BCUT2D eigenvalue weighted by atomic mass is 10.0. The molecule has 0 saturated heterocycles.